The highest BCUT2D eigenvalue weighted by Gasteiger charge is 2.17. The van der Waals surface area contributed by atoms with Crippen LogP contribution >= 0.6 is 11.3 Å². The Labute approximate surface area is 183 Å². The summed E-state index contributed by atoms with van der Waals surface area (Å²) in [5, 5.41) is 1.86. The second kappa shape index (κ2) is 10.2. The fourth-order valence-corrected chi connectivity index (χ4v) is 4.35. The third-order valence-electron chi connectivity index (χ3n) is 4.05. The van der Waals surface area contributed by atoms with E-state index in [1.54, 1.807) is 24.3 Å². The summed E-state index contributed by atoms with van der Waals surface area (Å²) in [4.78, 5) is 24.1. The summed E-state index contributed by atoms with van der Waals surface area (Å²) in [5.74, 6) is -0.854. The average Bonchev–Trinajstić information content (AvgIpc) is 3.29. The van der Waals surface area contributed by atoms with E-state index in [9.17, 15) is 18.0 Å². The van der Waals surface area contributed by atoms with Crippen LogP contribution in [0.2, 0.25) is 0 Å². The van der Waals surface area contributed by atoms with Crippen LogP contribution in [0.25, 0.3) is 0 Å². The zero-order chi connectivity index (χ0) is 22.3. The third-order valence-corrected chi connectivity index (χ3v) is 6.32. The van der Waals surface area contributed by atoms with Gasteiger partial charge in [0.25, 0.3) is 5.91 Å². The van der Waals surface area contributed by atoms with Gasteiger partial charge in [-0.05, 0) is 47.3 Å². The third kappa shape index (κ3) is 6.64. The number of esters is 1. The van der Waals surface area contributed by atoms with Gasteiger partial charge in [-0.2, -0.15) is 0 Å². The van der Waals surface area contributed by atoms with Gasteiger partial charge in [0, 0.05) is 11.4 Å². The van der Waals surface area contributed by atoms with E-state index < -0.39 is 21.9 Å². The summed E-state index contributed by atoms with van der Waals surface area (Å²) < 4.78 is 38.1. The van der Waals surface area contributed by atoms with E-state index in [1.807, 2.05) is 17.5 Å². The highest BCUT2D eigenvalue weighted by atomic mass is 32.2. The van der Waals surface area contributed by atoms with Crippen LogP contribution in [0.15, 0.2) is 70.9 Å². The van der Waals surface area contributed by atoms with Gasteiger partial charge >= 0.3 is 5.97 Å². The van der Waals surface area contributed by atoms with Crippen molar-refractivity contribution in [2.45, 2.75) is 18.0 Å². The van der Waals surface area contributed by atoms with Gasteiger partial charge in [-0.25, -0.2) is 17.9 Å². The summed E-state index contributed by atoms with van der Waals surface area (Å²) >= 11 is 1.44. The van der Waals surface area contributed by atoms with Gasteiger partial charge in [0.15, 0.2) is 6.61 Å². The first-order chi connectivity index (χ1) is 14.8. The highest BCUT2D eigenvalue weighted by Crippen LogP contribution is 2.17. The molecule has 0 aliphatic carbocycles. The number of amides is 1. The van der Waals surface area contributed by atoms with Crippen LogP contribution in [0.3, 0.4) is 0 Å². The highest BCUT2D eigenvalue weighted by molar-refractivity contribution is 7.89. The number of nitrogens with two attached hydrogens (primary N) is 1. The van der Waals surface area contributed by atoms with Gasteiger partial charge in [0.2, 0.25) is 10.0 Å². The number of primary amides is 1. The Morgan fingerprint density at radius 3 is 2.58 bits per heavy atom. The van der Waals surface area contributed by atoms with Crippen LogP contribution in [-0.2, 0) is 32.7 Å². The molecule has 1 aromatic heterocycles. The van der Waals surface area contributed by atoms with E-state index in [1.165, 1.54) is 35.6 Å². The zero-order valence-electron chi connectivity index (χ0n) is 16.3. The number of rotatable bonds is 10. The second-order valence-corrected chi connectivity index (χ2v) is 9.21. The summed E-state index contributed by atoms with van der Waals surface area (Å²) in [6.45, 7) is -0.145. The van der Waals surface area contributed by atoms with Gasteiger partial charge in [0.1, 0.15) is 12.4 Å². The van der Waals surface area contributed by atoms with Crippen molar-refractivity contribution in [1.29, 1.82) is 0 Å². The van der Waals surface area contributed by atoms with Crippen LogP contribution in [-0.4, -0.2) is 26.9 Å². The van der Waals surface area contributed by atoms with Crippen LogP contribution in [0.1, 0.15) is 20.8 Å². The largest absolute Gasteiger partial charge is 0.484 e. The maximum Gasteiger partial charge on any atom is 0.338 e. The summed E-state index contributed by atoms with van der Waals surface area (Å²) in [5.41, 5.74) is 5.79. The fraction of sp³-hybridized carbons (Fsp3) is 0.143. The van der Waals surface area contributed by atoms with Crippen molar-refractivity contribution in [1.82, 2.24) is 4.72 Å². The van der Waals surface area contributed by atoms with Crippen molar-refractivity contribution in [3.05, 3.63) is 82.0 Å². The molecular weight excluding hydrogens is 440 g/mol. The Bertz CT molecular complexity index is 1160. The molecule has 10 heteroatoms. The first-order valence-electron chi connectivity index (χ1n) is 9.13. The molecule has 0 spiro atoms. The van der Waals surface area contributed by atoms with Crippen LogP contribution < -0.4 is 15.2 Å². The topological polar surface area (TPSA) is 125 Å². The lowest BCUT2D eigenvalue weighted by molar-refractivity contribution is -0.119. The predicted octanol–water partition coefficient (Wildman–Crippen LogP) is 2.45. The summed E-state index contributed by atoms with van der Waals surface area (Å²) in [7, 11) is -3.78. The molecule has 0 bridgehead atoms. The number of thiophene rings is 1. The molecule has 0 saturated carbocycles. The number of hydrogen-bond acceptors (Lipinski definition) is 7. The van der Waals surface area contributed by atoms with Gasteiger partial charge in [-0.3, -0.25) is 4.79 Å². The molecule has 162 valence electrons. The Balaban J connectivity index is 1.62. The number of hydrogen-bond donors (Lipinski definition) is 2. The molecule has 1 heterocycles. The molecule has 3 rings (SSSR count). The molecule has 0 atom stereocenters. The van der Waals surface area contributed by atoms with Gasteiger partial charge in [-0.15, -0.1) is 11.3 Å². The van der Waals surface area contributed by atoms with E-state index >= 15 is 0 Å². The van der Waals surface area contributed by atoms with Crippen molar-refractivity contribution >= 4 is 33.2 Å². The number of ether oxygens (including phenoxy) is 2. The quantitative estimate of drug-likeness (QED) is 0.448. The number of sulfonamides is 1. The standard InChI is InChI=1S/C21H20N2O6S2/c22-20(24)14-28-17-6-1-4-15(10-17)13-29-21(25)16-5-2-8-19(11-16)31(26,27)23-12-18-7-3-9-30-18/h1-11,23H,12-14H2,(H2,22,24). The van der Waals surface area contributed by atoms with E-state index in [-0.39, 0.29) is 30.2 Å². The Kier molecular flexibility index (Phi) is 7.40. The minimum absolute atomic E-state index is 0.0274. The first kappa shape index (κ1) is 22.5. The molecule has 0 saturated heterocycles. The van der Waals surface area contributed by atoms with Gasteiger partial charge in [0.05, 0.1) is 10.5 Å². The van der Waals surface area contributed by atoms with Crippen LogP contribution in [0.5, 0.6) is 5.75 Å². The minimum Gasteiger partial charge on any atom is -0.484 e. The maximum absolute atomic E-state index is 12.5. The lowest BCUT2D eigenvalue weighted by Crippen LogP contribution is -2.23. The molecule has 0 fully saturated rings. The first-order valence-corrected chi connectivity index (χ1v) is 11.5. The zero-order valence-corrected chi connectivity index (χ0v) is 17.9. The second-order valence-electron chi connectivity index (χ2n) is 6.41. The molecule has 31 heavy (non-hydrogen) atoms. The Hall–Kier alpha value is -3.21. The van der Waals surface area contributed by atoms with Crippen molar-refractivity contribution in [3.8, 4) is 5.75 Å². The van der Waals surface area contributed by atoms with Gasteiger partial charge in [-0.1, -0.05) is 24.3 Å². The minimum atomic E-state index is -3.78. The fourth-order valence-electron chi connectivity index (χ4n) is 2.56. The van der Waals surface area contributed by atoms with Crippen molar-refractivity contribution in [3.63, 3.8) is 0 Å². The molecule has 3 N–H and O–H groups in total. The Morgan fingerprint density at radius 2 is 1.84 bits per heavy atom. The lowest BCUT2D eigenvalue weighted by Gasteiger charge is -2.09. The number of carbonyl (C=O) groups excluding carboxylic acids is 2. The smallest absolute Gasteiger partial charge is 0.338 e. The van der Waals surface area contributed by atoms with Crippen LogP contribution in [0, 0.1) is 0 Å². The summed E-state index contributed by atoms with van der Waals surface area (Å²) in [6, 6.07) is 16.0. The SMILES string of the molecule is NC(=O)COc1cccc(COC(=O)c2cccc(S(=O)(=O)NCc3cccs3)c2)c1. The molecular formula is C21H20N2O6S2. The number of nitrogens with one attached hydrogen (secondary N) is 1. The molecule has 0 unspecified atom stereocenters. The van der Waals surface area contributed by atoms with E-state index in [0.29, 0.717) is 11.3 Å². The van der Waals surface area contributed by atoms with Crippen molar-refractivity contribution < 1.29 is 27.5 Å². The average molecular weight is 461 g/mol. The number of benzene rings is 2. The van der Waals surface area contributed by atoms with E-state index in [0.717, 1.165) is 4.88 Å². The van der Waals surface area contributed by atoms with Crippen molar-refractivity contribution in [2.75, 3.05) is 6.61 Å². The van der Waals surface area contributed by atoms with Gasteiger partial charge < -0.3 is 15.2 Å². The molecule has 1 amide bonds. The maximum atomic E-state index is 12.5. The normalized spacial score (nSPS) is 11.1. The monoisotopic (exact) mass is 460 g/mol. The molecule has 2 aromatic carbocycles. The van der Waals surface area contributed by atoms with Crippen LogP contribution in [0.4, 0.5) is 0 Å². The molecule has 0 aliphatic rings. The molecule has 3 aromatic rings. The van der Waals surface area contributed by atoms with E-state index in [4.69, 9.17) is 15.2 Å². The van der Waals surface area contributed by atoms with Crippen molar-refractivity contribution in [2.24, 2.45) is 5.73 Å². The lowest BCUT2D eigenvalue weighted by atomic mass is 10.2. The predicted molar refractivity (Wildman–Crippen MR) is 115 cm³/mol. The molecule has 0 aliphatic heterocycles. The summed E-state index contributed by atoms with van der Waals surface area (Å²) in [6.07, 6.45) is 0. The molecule has 0 radical (unpaired) electrons. The van der Waals surface area contributed by atoms with E-state index in [2.05, 4.69) is 4.72 Å². The Morgan fingerprint density at radius 1 is 1.03 bits per heavy atom. The number of carbonyl (C=O) groups is 2. The molecule has 8 nitrogen and oxygen atoms in total.